The van der Waals surface area contributed by atoms with Crippen LogP contribution in [0.1, 0.15) is 18.4 Å². The summed E-state index contributed by atoms with van der Waals surface area (Å²) < 4.78 is 24.7. The summed E-state index contributed by atoms with van der Waals surface area (Å²) in [6.45, 7) is 0.983. The standard InChI is InChI=1S/C22H25FN2O4/c23-18-7-9-19(10-8-18)28-16-22(14-20(24)26)15-25(12-13-29-22)21(27)11-6-17-4-2-1-3-5-17/h1-5,7-10H,6,11-16H2,(H2,24,26)/t22-/m1/s1. The number of nitrogens with two attached hydrogens (primary N) is 1. The minimum Gasteiger partial charge on any atom is -0.490 e. The number of nitrogens with zero attached hydrogens (tertiary/aromatic N) is 1. The summed E-state index contributed by atoms with van der Waals surface area (Å²) in [5.74, 6) is -0.459. The van der Waals surface area contributed by atoms with Crippen LogP contribution in [0, 0.1) is 5.82 Å². The molecule has 2 aromatic rings. The van der Waals surface area contributed by atoms with Crippen LogP contribution in [0.25, 0.3) is 0 Å². The number of ether oxygens (including phenoxy) is 2. The second kappa shape index (κ2) is 9.52. The molecular weight excluding hydrogens is 375 g/mol. The van der Waals surface area contributed by atoms with Crippen molar-refractivity contribution in [1.82, 2.24) is 4.90 Å². The van der Waals surface area contributed by atoms with Gasteiger partial charge in [-0.25, -0.2) is 4.39 Å². The molecule has 0 saturated carbocycles. The highest BCUT2D eigenvalue weighted by Gasteiger charge is 2.40. The van der Waals surface area contributed by atoms with Gasteiger partial charge in [0.15, 0.2) is 0 Å². The molecule has 0 spiro atoms. The number of aryl methyl sites for hydroxylation is 1. The lowest BCUT2D eigenvalue weighted by molar-refractivity contribution is -0.161. The Morgan fingerprint density at radius 1 is 1.14 bits per heavy atom. The van der Waals surface area contributed by atoms with Crippen molar-refractivity contribution in [3.8, 4) is 5.75 Å². The zero-order chi connectivity index (χ0) is 20.7. The Labute approximate surface area is 169 Å². The van der Waals surface area contributed by atoms with Crippen LogP contribution in [-0.2, 0) is 20.7 Å². The van der Waals surface area contributed by atoms with E-state index in [1.807, 2.05) is 30.3 Å². The third-order valence-corrected chi connectivity index (χ3v) is 4.88. The molecule has 0 bridgehead atoms. The van der Waals surface area contributed by atoms with E-state index in [-0.39, 0.29) is 37.9 Å². The second-order valence-corrected chi connectivity index (χ2v) is 7.22. The molecule has 2 aromatic carbocycles. The number of carbonyl (C=O) groups is 2. The van der Waals surface area contributed by atoms with E-state index in [1.54, 1.807) is 4.90 Å². The Balaban J connectivity index is 1.63. The second-order valence-electron chi connectivity index (χ2n) is 7.22. The zero-order valence-corrected chi connectivity index (χ0v) is 16.2. The summed E-state index contributed by atoms with van der Waals surface area (Å²) in [6, 6.07) is 15.4. The van der Waals surface area contributed by atoms with Gasteiger partial charge in [0.2, 0.25) is 11.8 Å². The molecule has 0 aromatic heterocycles. The number of hydrogen-bond donors (Lipinski definition) is 1. The van der Waals surface area contributed by atoms with Crippen LogP contribution >= 0.6 is 0 Å². The molecule has 1 atom stereocenters. The molecule has 1 fully saturated rings. The van der Waals surface area contributed by atoms with Gasteiger partial charge in [0, 0.05) is 13.0 Å². The fraction of sp³-hybridized carbons (Fsp3) is 0.364. The molecular formula is C22H25FN2O4. The topological polar surface area (TPSA) is 81.9 Å². The Hall–Kier alpha value is -2.93. The Kier molecular flexibility index (Phi) is 6.82. The average Bonchev–Trinajstić information content (AvgIpc) is 2.72. The van der Waals surface area contributed by atoms with Crippen molar-refractivity contribution >= 4 is 11.8 Å². The molecule has 1 aliphatic heterocycles. The van der Waals surface area contributed by atoms with Gasteiger partial charge in [-0.1, -0.05) is 30.3 Å². The zero-order valence-electron chi connectivity index (χ0n) is 16.2. The Bertz CT molecular complexity index is 828. The minimum atomic E-state index is -1.03. The van der Waals surface area contributed by atoms with Crippen molar-refractivity contribution in [2.45, 2.75) is 24.9 Å². The lowest BCUT2D eigenvalue weighted by atomic mass is 9.97. The maximum Gasteiger partial charge on any atom is 0.223 e. The van der Waals surface area contributed by atoms with Gasteiger partial charge in [-0.05, 0) is 36.2 Å². The van der Waals surface area contributed by atoms with Crippen molar-refractivity contribution in [3.05, 3.63) is 66.0 Å². The maximum atomic E-state index is 13.1. The van der Waals surface area contributed by atoms with Crippen LogP contribution in [0.5, 0.6) is 5.75 Å². The monoisotopic (exact) mass is 400 g/mol. The van der Waals surface area contributed by atoms with Gasteiger partial charge in [-0.15, -0.1) is 0 Å². The molecule has 29 heavy (non-hydrogen) atoms. The highest BCUT2D eigenvalue weighted by atomic mass is 19.1. The van der Waals surface area contributed by atoms with Crippen molar-refractivity contribution in [2.24, 2.45) is 5.73 Å². The smallest absolute Gasteiger partial charge is 0.223 e. The molecule has 3 rings (SSSR count). The van der Waals surface area contributed by atoms with Crippen molar-refractivity contribution in [1.29, 1.82) is 0 Å². The quantitative estimate of drug-likeness (QED) is 0.737. The molecule has 2 amide bonds. The van der Waals surface area contributed by atoms with Crippen LogP contribution in [0.15, 0.2) is 54.6 Å². The van der Waals surface area contributed by atoms with Gasteiger partial charge in [-0.3, -0.25) is 9.59 Å². The van der Waals surface area contributed by atoms with E-state index in [4.69, 9.17) is 15.2 Å². The summed E-state index contributed by atoms with van der Waals surface area (Å²) in [7, 11) is 0. The van der Waals surface area contributed by atoms with Crippen molar-refractivity contribution < 1.29 is 23.5 Å². The third-order valence-electron chi connectivity index (χ3n) is 4.88. The van der Waals surface area contributed by atoms with E-state index in [1.165, 1.54) is 24.3 Å². The molecule has 6 nitrogen and oxygen atoms in total. The van der Waals surface area contributed by atoms with Crippen LogP contribution in [0.3, 0.4) is 0 Å². The van der Waals surface area contributed by atoms with E-state index in [0.717, 1.165) is 5.56 Å². The van der Waals surface area contributed by atoms with Crippen LogP contribution < -0.4 is 10.5 Å². The fourth-order valence-corrected chi connectivity index (χ4v) is 3.42. The van der Waals surface area contributed by atoms with E-state index < -0.39 is 11.5 Å². The summed E-state index contributed by atoms with van der Waals surface area (Å²) in [6.07, 6.45) is 0.943. The molecule has 154 valence electrons. The molecule has 0 aliphatic carbocycles. The highest BCUT2D eigenvalue weighted by Crippen LogP contribution is 2.25. The SMILES string of the molecule is NC(=O)C[C@]1(COc2ccc(F)cc2)CN(C(=O)CCc2ccccc2)CCO1. The highest BCUT2D eigenvalue weighted by molar-refractivity contribution is 5.78. The summed E-state index contributed by atoms with van der Waals surface area (Å²) in [4.78, 5) is 26.1. The minimum absolute atomic E-state index is 0.00668. The molecule has 1 heterocycles. The lowest BCUT2D eigenvalue weighted by Crippen LogP contribution is -2.58. The number of halogens is 1. The van der Waals surface area contributed by atoms with E-state index >= 15 is 0 Å². The third kappa shape index (κ3) is 6.02. The molecule has 7 heteroatoms. The molecule has 0 radical (unpaired) electrons. The van der Waals surface area contributed by atoms with E-state index in [2.05, 4.69) is 0 Å². The number of benzene rings is 2. The number of rotatable bonds is 8. The van der Waals surface area contributed by atoms with Crippen LogP contribution in [-0.4, -0.2) is 48.6 Å². The summed E-state index contributed by atoms with van der Waals surface area (Å²) in [5.41, 5.74) is 5.49. The number of morpholine rings is 1. The van der Waals surface area contributed by atoms with Crippen LogP contribution in [0.4, 0.5) is 4.39 Å². The predicted octanol–water partition coefficient (Wildman–Crippen LogP) is 2.31. The molecule has 1 saturated heterocycles. The summed E-state index contributed by atoms with van der Waals surface area (Å²) >= 11 is 0. The number of amides is 2. The number of primary amides is 1. The maximum absolute atomic E-state index is 13.1. The first kappa shape index (κ1) is 20.8. The Morgan fingerprint density at radius 2 is 1.86 bits per heavy atom. The molecule has 2 N–H and O–H groups in total. The Morgan fingerprint density at radius 3 is 2.55 bits per heavy atom. The van der Waals surface area contributed by atoms with Gasteiger partial charge >= 0.3 is 0 Å². The first-order valence-electron chi connectivity index (χ1n) is 9.58. The number of carbonyl (C=O) groups excluding carboxylic acids is 2. The number of hydrogen-bond acceptors (Lipinski definition) is 4. The van der Waals surface area contributed by atoms with E-state index in [0.29, 0.717) is 25.1 Å². The normalized spacial score (nSPS) is 19.0. The van der Waals surface area contributed by atoms with Crippen LogP contribution in [0.2, 0.25) is 0 Å². The average molecular weight is 400 g/mol. The van der Waals surface area contributed by atoms with Gasteiger partial charge in [-0.2, -0.15) is 0 Å². The first-order chi connectivity index (χ1) is 14.0. The van der Waals surface area contributed by atoms with E-state index in [9.17, 15) is 14.0 Å². The van der Waals surface area contributed by atoms with Crippen molar-refractivity contribution in [3.63, 3.8) is 0 Å². The fourth-order valence-electron chi connectivity index (χ4n) is 3.42. The van der Waals surface area contributed by atoms with Gasteiger partial charge in [0.05, 0.1) is 19.6 Å². The lowest BCUT2D eigenvalue weighted by Gasteiger charge is -2.42. The largest absolute Gasteiger partial charge is 0.490 e. The van der Waals surface area contributed by atoms with Crippen molar-refractivity contribution in [2.75, 3.05) is 26.3 Å². The molecule has 0 unspecified atom stereocenters. The van der Waals surface area contributed by atoms with Gasteiger partial charge < -0.3 is 20.1 Å². The first-order valence-corrected chi connectivity index (χ1v) is 9.58. The van der Waals surface area contributed by atoms with Gasteiger partial charge in [0.1, 0.15) is 23.8 Å². The van der Waals surface area contributed by atoms with Gasteiger partial charge in [0.25, 0.3) is 0 Å². The molecule has 1 aliphatic rings. The summed E-state index contributed by atoms with van der Waals surface area (Å²) in [5, 5.41) is 0. The predicted molar refractivity (Wildman–Crippen MR) is 106 cm³/mol.